The van der Waals surface area contributed by atoms with E-state index in [-0.39, 0.29) is 4.75 Å². The quantitative estimate of drug-likeness (QED) is 0.379. The third-order valence-electron chi connectivity index (χ3n) is 4.56. The van der Waals surface area contributed by atoms with Crippen LogP contribution in [-0.2, 0) is 0 Å². The molecule has 1 aliphatic rings. The first kappa shape index (κ1) is 20.6. The van der Waals surface area contributed by atoms with Crippen molar-refractivity contribution in [2.24, 2.45) is 4.99 Å². The molecule has 0 aromatic carbocycles. The van der Waals surface area contributed by atoms with E-state index >= 15 is 0 Å². The van der Waals surface area contributed by atoms with E-state index in [0.717, 1.165) is 19.0 Å². The van der Waals surface area contributed by atoms with Crippen LogP contribution in [0.25, 0.3) is 0 Å². The van der Waals surface area contributed by atoms with Crippen molar-refractivity contribution in [1.82, 2.24) is 20.4 Å². The van der Waals surface area contributed by atoms with Gasteiger partial charge in [-0.3, -0.25) is 4.99 Å². The van der Waals surface area contributed by atoms with Crippen LogP contribution in [0.2, 0.25) is 0 Å². The van der Waals surface area contributed by atoms with Crippen LogP contribution < -0.4 is 10.6 Å². The van der Waals surface area contributed by atoms with Crippen LogP contribution in [0.1, 0.15) is 33.6 Å². The van der Waals surface area contributed by atoms with Crippen molar-refractivity contribution < 1.29 is 0 Å². The zero-order valence-corrected chi connectivity index (χ0v) is 16.6. The zero-order chi connectivity index (χ0) is 17.1. The molecule has 136 valence electrons. The fourth-order valence-corrected chi connectivity index (χ4v) is 2.80. The van der Waals surface area contributed by atoms with Crippen LogP contribution in [0.3, 0.4) is 0 Å². The van der Waals surface area contributed by atoms with Crippen LogP contribution in [0, 0.1) is 0 Å². The number of rotatable bonds is 9. The minimum atomic E-state index is 0.234. The molecule has 0 bridgehead atoms. The number of nitrogens with zero attached hydrogens (tertiary/aromatic N) is 3. The summed E-state index contributed by atoms with van der Waals surface area (Å²) in [6.45, 7) is 16.0. The van der Waals surface area contributed by atoms with E-state index in [1.807, 2.05) is 18.8 Å². The monoisotopic (exact) mass is 343 g/mol. The summed E-state index contributed by atoms with van der Waals surface area (Å²) in [7, 11) is 1.84. The molecule has 0 spiro atoms. The van der Waals surface area contributed by atoms with Gasteiger partial charge in [-0.25, -0.2) is 0 Å². The van der Waals surface area contributed by atoms with Gasteiger partial charge in [-0.05, 0) is 46.0 Å². The van der Waals surface area contributed by atoms with E-state index in [1.165, 1.54) is 52.1 Å². The molecule has 0 atom stereocenters. The van der Waals surface area contributed by atoms with E-state index < -0.39 is 0 Å². The van der Waals surface area contributed by atoms with Gasteiger partial charge < -0.3 is 20.4 Å². The molecule has 0 aromatic rings. The Morgan fingerprint density at radius 3 is 2.30 bits per heavy atom. The molecule has 0 unspecified atom stereocenters. The second-order valence-electron chi connectivity index (χ2n) is 6.80. The molecule has 1 saturated heterocycles. The van der Waals surface area contributed by atoms with Gasteiger partial charge in [0.15, 0.2) is 5.96 Å². The van der Waals surface area contributed by atoms with Crippen molar-refractivity contribution in [1.29, 1.82) is 0 Å². The molecule has 23 heavy (non-hydrogen) atoms. The van der Waals surface area contributed by atoms with Crippen LogP contribution in [0.15, 0.2) is 4.99 Å². The lowest BCUT2D eigenvalue weighted by atomic mass is 10.2. The average Bonchev–Trinajstić information content (AvgIpc) is 2.57. The van der Waals surface area contributed by atoms with Crippen LogP contribution in [0.5, 0.6) is 0 Å². The van der Waals surface area contributed by atoms with Crippen molar-refractivity contribution >= 4 is 17.7 Å². The van der Waals surface area contributed by atoms with E-state index in [4.69, 9.17) is 0 Å². The Bertz CT molecular complexity index is 338. The van der Waals surface area contributed by atoms with Crippen molar-refractivity contribution in [2.45, 2.75) is 38.4 Å². The van der Waals surface area contributed by atoms with Gasteiger partial charge in [0.2, 0.25) is 0 Å². The van der Waals surface area contributed by atoms with Crippen molar-refractivity contribution in [2.75, 3.05) is 65.7 Å². The van der Waals surface area contributed by atoms with Gasteiger partial charge in [0.1, 0.15) is 0 Å². The molecule has 1 heterocycles. The minimum absolute atomic E-state index is 0.234. The lowest BCUT2D eigenvalue weighted by Crippen LogP contribution is -2.46. The number of unbranched alkanes of at least 4 members (excludes halogenated alkanes) is 1. The molecule has 0 aromatic heterocycles. The number of aliphatic imine (C=N–C) groups is 1. The Balaban J connectivity index is 2.07. The van der Waals surface area contributed by atoms with Gasteiger partial charge in [-0.15, -0.1) is 0 Å². The van der Waals surface area contributed by atoms with Crippen LogP contribution in [-0.4, -0.2) is 86.2 Å². The van der Waals surface area contributed by atoms with E-state index in [2.05, 4.69) is 52.5 Å². The Morgan fingerprint density at radius 1 is 1.09 bits per heavy atom. The summed E-state index contributed by atoms with van der Waals surface area (Å²) in [5, 5.41) is 6.84. The first-order valence-electron chi connectivity index (χ1n) is 8.95. The number of nitrogens with one attached hydrogen (secondary N) is 2. The van der Waals surface area contributed by atoms with E-state index in [0.29, 0.717) is 0 Å². The molecule has 5 nitrogen and oxygen atoms in total. The number of likely N-dealkylation sites (N-methyl/N-ethyl adjacent to an activating group) is 1. The molecule has 6 heteroatoms. The Morgan fingerprint density at radius 2 is 1.74 bits per heavy atom. The fourth-order valence-electron chi connectivity index (χ4n) is 2.59. The van der Waals surface area contributed by atoms with Gasteiger partial charge >= 0.3 is 0 Å². The summed E-state index contributed by atoms with van der Waals surface area (Å²) in [5.41, 5.74) is 0. The first-order valence-corrected chi connectivity index (χ1v) is 10.2. The number of hydrogen-bond acceptors (Lipinski definition) is 4. The van der Waals surface area contributed by atoms with E-state index in [9.17, 15) is 0 Å². The number of thioether (sulfide) groups is 1. The molecular formula is C17H37N5S. The topological polar surface area (TPSA) is 42.9 Å². The van der Waals surface area contributed by atoms with Crippen LogP contribution in [0.4, 0.5) is 0 Å². The van der Waals surface area contributed by atoms with Crippen molar-refractivity contribution in [3.63, 3.8) is 0 Å². The molecule has 0 saturated carbocycles. The lowest BCUT2D eigenvalue weighted by Gasteiger charge is -2.34. The predicted octanol–water partition coefficient (Wildman–Crippen LogP) is 1.71. The lowest BCUT2D eigenvalue weighted by molar-refractivity contribution is 0.136. The maximum absolute atomic E-state index is 4.30. The van der Waals surface area contributed by atoms with Gasteiger partial charge in [-0.1, -0.05) is 6.92 Å². The number of piperazine rings is 1. The standard InChI is InChI=1S/C17H37N5S/c1-6-21-11-13-22(14-12-21)10-8-7-9-19-16(18-4)20-15-17(2,3)23-5/h6-15H2,1-5H3,(H2,18,19,20). The van der Waals surface area contributed by atoms with Crippen molar-refractivity contribution in [3.8, 4) is 0 Å². The predicted molar refractivity (Wildman–Crippen MR) is 105 cm³/mol. The molecule has 0 amide bonds. The Kier molecular flexibility index (Phi) is 9.99. The summed E-state index contributed by atoms with van der Waals surface area (Å²) in [4.78, 5) is 9.43. The largest absolute Gasteiger partial charge is 0.356 e. The Hall–Kier alpha value is -0.460. The molecule has 1 fully saturated rings. The van der Waals surface area contributed by atoms with Gasteiger partial charge in [0.25, 0.3) is 0 Å². The van der Waals surface area contributed by atoms with Crippen molar-refractivity contribution in [3.05, 3.63) is 0 Å². The molecule has 2 N–H and O–H groups in total. The second-order valence-corrected chi connectivity index (χ2v) is 8.31. The molecular weight excluding hydrogens is 306 g/mol. The normalized spacial score (nSPS) is 18.2. The average molecular weight is 344 g/mol. The highest BCUT2D eigenvalue weighted by atomic mass is 32.2. The summed E-state index contributed by atoms with van der Waals surface area (Å²) < 4.78 is 0.234. The first-order chi connectivity index (χ1) is 11.0. The third-order valence-corrected chi connectivity index (χ3v) is 5.81. The molecule has 0 aliphatic carbocycles. The highest BCUT2D eigenvalue weighted by molar-refractivity contribution is 7.99. The maximum Gasteiger partial charge on any atom is 0.191 e. The molecule has 0 radical (unpaired) electrons. The summed E-state index contributed by atoms with van der Waals surface area (Å²) >= 11 is 1.87. The van der Waals surface area contributed by atoms with E-state index in [1.54, 1.807) is 0 Å². The van der Waals surface area contributed by atoms with Gasteiger partial charge in [0.05, 0.1) is 0 Å². The fraction of sp³-hybridized carbons (Fsp3) is 0.941. The molecule has 1 rings (SSSR count). The van der Waals surface area contributed by atoms with Gasteiger partial charge in [0, 0.05) is 51.1 Å². The van der Waals surface area contributed by atoms with Gasteiger partial charge in [-0.2, -0.15) is 11.8 Å². The third kappa shape index (κ3) is 8.82. The number of hydrogen-bond donors (Lipinski definition) is 2. The summed E-state index contributed by atoms with van der Waals surface area (Å²) in [6.07, 6.45) is 4.60. The minimum Gasteiger partial charge on any atom is -0.356 e. The second kappa shape index (κ2) is 11.2. The zero-order valence-electron chi connectivity index (χ0n) is 15.8. The maximum atomic E-state index is 4.30. The Labute approximate surface area is 147 Å². The number of guanidine groups is 1. The highest BCUT2D eigenvalue weighted by Gasteiger charge is 2.16. The highest BCUT2D eigenvalue weighted by Crippen LogP contribution is 2.19. The summed E-state index contributed by atoms with van der Waals surface area (Å²) in [6, 6.07) is 0. The summed E-state index contributed by atoms with van der Waals surface area (Å²) in [5.74, 6) is 0.920. The molecule has 1 aliphatic heterocycles. The van der Waals surface area contributed by atoms with Crippen LogP contribution >= 0.6 is 11.8 Å². The SMILES string of the molecule is CCN1CCN(CCCCNC(=NC)NCC(C)(C)SC)CC1. The smallest absolute Gasteiger partial charge is 0.191 e.